The van der Waals surface area contributed by atoms with Crippen molar-refractivity contribution in [3.05, 3.63) is 0 Å². The molecule has 2 N–H and O–H groups in total. The molecule has 0 bridgehead atoms. The van der Waals surface area contributed by atoms with E-state index in [1.807, 2.05) is 6.92 Å². The van der Waals surface area contributed by atoms with E-state index < -0.39 is 11.4 Å². The zero-order chi connectivity index (χ0) is 15.5. The highest BCUT2D eigenvalue weighted by atomic mass is 16.4. The van der Waals surface area contributed by atoms with Crippen LogP contribution in [0, 0.1) is 5.41 Å². The molecule has 0 fully saturated rings. The van der Waals surface area contributed by atoms with Crippen LogP contribution in [-0.4, -0.2) is 23.2 Å². The second-order valence-corrected chi connectivity index (χ2v) is 6.09. The Balaban J connectivity index is 0. The molecule has 0 aliphatic heterocycles. The second kappa shape index (κ2) is 11.3. The minimum absolute atomic E-state index is 0.542. The lowest BCUT2D eigenvalue weighted by Crippen LogP contribution is -2.34. The largest absolute Gasteiger partial charge is 0.481 e. The van der Waals surface area contributed by atoms with Gasteiger partial charge in [-0.15, -0.1) is 0 Å². The van der Waals surface area contributed by atoms with Gasteiger partial charge in [0.05, 0.1) is 5.41 Å². The number of hydrogen-bond acceptors (Lipinski definition) is 2. The van der Waals surface area contributed by atoms with Crippen molar-refractivity contribution in [1.82, 2.24) is 5.32 Å². The van der Waals surface area contributed by atoms with Crippen molar-refractivity contribution in [3.8, 4) is 0 Å². The summed E-state index contributed by atoms with van der Waals surface area (Å²) in [5.41, 5.74) is -0.542. The van der Waals surface area contributed by atoms with Crippen LogP contribution in [0.4, 0.5) is 0 Å². The van der Waals surface area contributed by atoms with Crippen molar-refractivity contribution < 1.29 is 9.90 Å². The summed E-state index contributed by atoms with van der Waals surface area (Å²) in [5.74, 6) is -0.722. The fourth-order valence-electron chi connectivity index (χ4n) is 1.67. The molecule has 0 aliphatic carbocycles. The second-order valence-electron chi connectivity index (χ2n) is 6.09. The molecule has 3 nitrogen and oxygen atoms in total. The van der Waals surface area contributed by atoms with E-state index in [1.54, 1.807) is 13.8 Å². The number of hydrogen-bond donors (Lipinski definition) is 2. The number of carboxylic acid groups (broad SMARTS) is 1. The maximum Gasteiger partial charge on any atom is 0.309 e. The Labute approximate surface area is 120 Å². The van der Waals surface area contributed by atoms with Gasteiger partial charge in [0.2, 0.25) is 0 Å². The lowest BCUT2D eigenvalue weighted by atomic mass is 9.91. The summed E-state index contributed by atoms with van der Waals surface area (Å²) in [6.45, 7) is 14.3. The van der Waals surface area contributed by atoms with E-state index in [4.69, 9.17) is 5.11 Å². The van der Waals surface area contributed by atoms with Crippen LogP contribution in [0.25, 0.3) is 0 Å². The average Bonchev–Trinajstić information content (AvgIpc) is 2.30. The third kappa shape index (κ3) is 12.2. The van der Waals surface area contributed by atoms with Crippen molar-refractivity contribution in [3.63, 3.8) is 0 Å². The Hall–Kier alpha value is -0.570. The fraction of sp³-hybridized carbons (Fsp3) is 0.938. The Kier molecular flexibility index (Phi) is 12.3. The molecular formula is C16H35NO2. The number of nitrogens with one attached hydrogen (secondary N) is 1. The quantitative estimate of drug-likeness (QED) is 0.686. The third-order valence-corrected chi connectivity index (χ3v) is 3.48. The van der Waals surface area contributed by atoms with E-state index in [2.05, 4.69) is 33.0 Å². The maximum atomic E-state index is 10.3. The Morgan fingerprint density at radius 3 is 1.58 bits per heavy atom. The van der Waals surface area contributed by atoms with E-state index >= 15 is 0 Å². The molecule has 2 unspecified atom stereocenters. The summed E-state index contributed by atoms with van der Waals surface area (Å²) in [7, 11) is 0. The van der Waals surface area contributed by atoms with Gasteiger partial charge in [-0.2, -0.15) is 0 Å². The van der Waals surface area contributed by atoms with Crippen molar-refractivity contribution in [2.75, 3.05) is 0 Å². The number of aliphatic carboxylic acids is 1. The van der Waals surface area contributed by atoms with Crippen LogP contribution < -0.4 is 5.32 Å². The van der Waals surface area contributed by atoms with E-state index in [0.717, 1.165) is 0 Å². The van der Waals surface area contributed by atoms with Gasteiger partial charge in [-0.25, -0.2) is 0 Å². The van der Waals surface area contributed by atoms with E-state index in [9.17, 15) is 4.79 Å². The van der Waals surface area contributed by atoms with Crippen LogP contribution in [0.2, 0.25) is 0 Å². The molecule has 0 heterocycles. The smallest absolute Gasteiger partial charge is 0.309 e. The SMILES string of the molecule is CCC(C)(C)C(=O)O.CCCC(C)NC(C)CCC. The van der Waals surface area contributed by atoms with E-state index in [0.29, 0.717) is 18.5 Å². The topological polar surface area (TPSA) is 49.3 Å². The summed E-state index contributed by atoms with van der Waals surface area (Å²) >= 11 is 0. The molecular weight excluding hydrogens is 238 g/mol. The first kappa shape index (κ1) is 20.7. The number of carbonyl (C=O) groups is 1. The predicted octanol–water partition coefficient (Wildman–Crippen LogP) is 4.46. The molecule has 116 valence electrons. The van der Waals surface area contributed by atoms with Crippen LogP contribution >= 0.6 is 0 Å². The Morgan fingerprint density at radius 1 is 1.05 bits per heavy atom. The van der Waals surface area contributed by atoms with Gasteiger partial charge >= 0.3 is 5.97 Å². The average molecular weight is 273 g/mol. The van der Waals surface area contributed by atoms with Gasteiger partial charge in [-0.3, -0.25) is 4.79 Å². The fourth-order valence-corrected chi connectivity index (χ4v) is 1.67. The zero-order valence-electron chi connectivity index (χ0n) is 14.0. The molecule has 3 heteroatoms. The maximum absolute atomic E-state index is 10.3. The molecule has 2 atom stereocenters. The molecule has 0 saturated heterocycles. The van der Waals surface area contributed by atoms with Gasteiger partial charge in [0.15, 0.2) is 0 Å². The monoisotopic (exact) mass is 273 g/mol. The third-order valence-electron chi connectivity index (χ3n) is 3.48. The van der Waals surface area contributed by atoms with Crippen molar-refractivity contribution in [1.29, 1.82) is 0 Å². The van der Waals surface area contributed by atoms with Gasteiger partial charge in [0.1, 0.15) is 0 Å². The summed E-state index contributed by atoms with van der Waals surface area (Å²) in [6, 6.07) is 1.39. The number of rotatable bonds is 8. The molecule has 19 heavy (non-hydrogen) atoms. The van der Waals surface area contributed by atoms with Crippen molar-refractivity contribution in [2.24, 2.45) is 5.41 Å². The normalized spacial score (nSPS) is 14.3. The molecule has 0 saturated carbocycles. The van der Waals surface area contributed by atoms with Crippen LogP contribution in [-0.2, 0) is 4.79 Å². The summed E-state index contributed by atoms with van der Waals surface area (Å²) in [6.07, 6.45) is 5.85. The highest BCUT2D eigenvalue weighted by Gasteiger charge is 2.23. The predicted molar refractivity (Wildman–Crippen MR) is 83.6 cm³/mol. The first-order chi connectivity index (χ1) is 8.71. The highest BCUT2D eigenvalue weighted by Crippen LogP contribution is 2.18. The molecule has 0 aromatic heterocycles. The summed E-state index contributed by atoms with van der Waals surface area (Å²) in [5, 5.41) is 12.0. The van der Waals surface area contributed by atoms with Crippen LogP contribution in [0.1, 0.15) is 80.6 Å². The van der Waals surface area contributed by atoms with Gasteiger partial charge < -0.3 is 10.4 Å². The lowest BCUT2D eigenvalue weighted by Gasteiger charge is -2.18. The van der Waals surface area contributed by atoms with Crippen LogP contribution in [0.15, 0.2) is 0 Å². The lowest BCUT2D eigenvalue weighted by molar-refractivity contribution is -0.147. The molecule has 0 radical (unpaired) electrons. The van der Waals surface area contributed by atoms with Gasteiger partial charge in [-0.1, -0.05) is 33.6 Å². The molecule has 0 aromatic carbocycles. The molecule has 0 aromatic rings. The Bertz CT molecular complexity index is 217. The Morgan fingerprint density at radius 2 is 1.42 bits per heavy atom. The summed E-state index contributed by atoms with van der Waals surface area (Å²) < 4.78 is 0. The standard InChI is InChI=1S/C10H23N.C6H12O2/c1-5-7-9(3)11-10(4)8-6-2;1-4-6(2,3)5(7)8/h9-11H,5-8H2,1-4H3;4H2,1-3H3,(H,7,8). The molecule has 0 rings (SSSR count). The molecule has 0 aliphatic rings. The van der Waals surface area contributed by atoms with Gasteiger partial charge in [-0.05, 0) is 47.0 Å². The van der Waals surface area contributed by atoms with Gasteiger partial charge in [0, 0.05) is 12.1 Å². The first-order valence-electron chi connectivity index (χ1n) is 7.70. The highest BCUT2D eigenvalue weighted by molar-refractivity contribution is 5.73. The van der Waals surface area contributed by atoms with E-state index in [-0.39, 0.29) is 0 Å². The van der Waals surface area contributed by atoms with E-state index in [1.165, 1.54) is 25.7 Å². The van der Waals surface area contributed by atoms with Crippen molar-refractivity contribution >= 4 is 5.97 Å². The minimum atomic E-state index is -0.722. The first-order valence-corrected chi connectivity index (χ1v) is 7.70. The minimum Gasteiger partial charge on any atom is -0.481 e. The summed E-state index contributed by atoms with van der Waals surface area (Å²) in [4.78, 5) is 10.3. The number of carboxylic acids is 1. The zero-order valence-corrected chi connectivity index (χ0v) is 14.0. The van der Waals surface area contributed by atoms with Crippen LogP contribution in [0.5, 0.6) is 0 Å². The molecule has 0 spiro atoms. The van der Waals surface area contributed by atoms with Crippen LogP contribution in [0.3, 0.4) is 0 Å². The molecule has 0 amide bonds. The van der Waals surface area contributed by atoms with Crippen molar-refractivity contribution in [2.45, 2.75) is 92.7 Å². The van der Waals surface area contributed by atoms with Gasteiger partial charge in [0.25, 0.3) is 0 Å².